The van der Waals surface area contributed by atoms with Crippen LogP contribution in [0, 0.1) is 0 Å². The molecule has 94 valence electrons. The summed E-state index contributed by atoms with van der Waals surface area (Å²) in [6.45, 7) is 0. The van der Waals surface area contributed by atoms with Crippen LogP contribution in [0.4, 0.5) is 5.82 Å². The molecule has 1 aromatic carbocycles. The van der Waals surface area contributed by atoms with E-state index in [0.717, 1.165) is 5.56 Å². The van der Waals surface area contributed by atoms with Crippen LogP contribution >= 0.6 is 46.6 Å². The first-order valence-corrected chi connectivity index (χ1v) is 7.04. The number of nitrogens with two attached hydrogens (primary N) is 1. The van der Waals surface area contributed by atoms with Crippen molar-refractivity contribution in [2.24, 2.45) is 0 Å². The molecule has 0 fully saturated rings. The van der Waals surface area contributed by atoms with Crippen molar-refractivity contribution >= 4 is 52.4 Å². The third-order valence-corrected chi connectivity index (χ3v) is 3.88. The zero-order valence-corrected chi connectivity index (χ0v) is 12.1. The summed E-state index contributed by atoms with van der Waals surface area (Å²) in [4.78, 5) is 8.13. The fourth-order valence-corrected chi connectivity index (χ4v) is 3.13. The minimum absolute atomic E-state index is 0.315. The Labute approximate surface area is 124 Å². The molecule has 0 atom stereocenters. The van der Waals surface area contributed by atoms with E-state index in [1.807, 2.05) is 0 Å². The molecule has 0 spiro atoms. The number of aromatic nitrogens is 2. The fourth-order valence-electron chi connectivity index (χ4n) is 1.28. The van der Waals surface area contributed by atoms with Gasteiger partial charge in [-0.1, -0.05) is 52.6 Å². The molecule has 0 unspecified atom stereocenters. The van der Waals surface area contributed by atoms with Crippen molar-refractivity contribution < 1.29 is 0 Å². The maximum atomic E-state index is 6.07. The molecular weight excluding hydrogens is 313 g/mol. The summed E-state index contributed by atoms with van der Waals surface area (Å²) in [5.74, 6) is 0.890. The molecule has 0 aliphatic rings. The summed E-state index contributed by atoms with van der Waals surface area (Å²) in [5, 5.41) is 2.04. The Hall–Kier alpha value is -0.680. The molecular formula is C11H8Cl3N3S. The van der Waals surface area contributed by atoms with E-state index in [1.165, 1.54) is 17.8 Å². The normalized spacial score (nSPS) is 10.6. The van der Waals surface area contributed by atoms with E-state index < -0.39 is 0 Å². The molecule has 18 heavy (non-hydrogen) atoms. The van der Waals surface area contributed by atoms with Gasteiger partial charge in [-0.05, 0) is 17.7 Å². The number of hydrogen-bond donors (Lipinski definition) is 1. The van der Waals surface area contributed by atoms with Gasteiger partial charge in [-0.2, -0.15) is 0 Å². The lowest BCUT2D eigenvalue weighted by molar-refractivity contribution is 0.976. The largest absolute Gasteiger partial charge is 0.384 e. The first kappa shape index (κ1) is 13.7. The number of halogens is 3. The smallest absolute Gasteiger partial charge is 0.191 e. The van der Waals surface area contributed by atoms with Crippen LogP contribution < -0.4 is 5.73 Å². The van der Waals surface area contributed by atoms with Gasteiger partial charge in [-0.25, -0.2) is 9.97 Å². The molecule has 2 rings (SSSR count). The number of nitrogens with zero attached hydrogens (tertiary/aromatic N) is 2. The Kier molecular flexibility index (Phi) is 4.56. The highest BCUT2D eigenvalue weighted by Gasteiger charge is 2.08. The van der Waals surface area contributed by atoms with Crippen LogP contribution in [0.25, 0.3) is 0 Å². The average molecular weight is 321 g/mol. The van der Waals surface area contributed by atoms with Crippen molar-refractivity contribution in [2.75, 3.05) is 5.73 Å². The molecule has 0 saturated carbocycles. The molecule has 0 aliphatic heterocycles. The number of benzene rings is 1. The van der Waals surface area contributed by atoms with Crippen molar-refractivity contribution in [3.63, 3.8) is 0 Å². The SMILES string of the molecule is Nc1cc(Cl)nc(SCc2c(Cl)cccc2Cl)n1. The van der Waals surface area contributed by atoms with Gasteiger partial charge in [0.25, 0.3) is 0 Å². The lowest BCUT2D eigenvalue weighted by atomic mass is 10.2. The van der Waals surface area contributed by atoms with E-state index in [9.17, 15) is 0 Å². The van der Waals surface area contributed by atoms with Crippen molar-refractivity contribution in [3.8, 4) is 0 Å². The van der Waals surface area contributed by atoms with Crippen molar-refractivity contribution in [1.82, 2.24) is 9.97 Å². The summed E-state index contributed by atoms with van der Waals surface area (Å²) in [6.07, 6.45) is 0. The molecule has 2 aromatic rings. The summed E-state index contributed by atoms with van der Waals surface area (Å²) >= 11 is 19.3. The van der Waals surface area contributed by atoms with Gasteiger partial charge >= 0.3 is 0 Å². The van der Waals surface area contributed by atoms with Gasteiger partial charge in [-0.15, -0.1) is 0 Å². The molecule has 1 heterocycles. The Balaban J connectivity index is 2.16. The standard InChI is InChI=1S/C11H8Cl3N3S/c12-7-2-1-3-8(13)6(7)5-18-11-16-9(14)4-10(15)17-11/h1-4H,5H2,(H2,15,16,17). The Morgan fingerprint density at radius 1 is 1.11 bits per heavy atom. The van der Waals surface area contributed by atoms with E-state index in [-0.39, 0.29) is 0 Å². The number of rotatable bonds is 3. The van der Waals surface area contributed by atoms with E-state index in [2.05, 4.69) is 9.97 Å². The average Bonchev–Trinajstić information content (AvgIpc) is 2.27. The zero-order chi connectivity index (χ0) is 13.1. The highest BCUT2D eigenvalue weighted by molar-refractivity contribution is 7.98. The fraction of sp³-hybridized carbons (Fsp3) is 0.0909. The Bertz CT molecular complexity index is 537. The quantitative estimate of drug-likeness (QED) is 0.520. The summed E-state index contributed by atoms with van der Waals surface area (Å²) < 4.78 is 0. The van der Waals surface area contributed by atoms with Crippen LogP contribution in [-0.4, -0.2) is 9.97 Å². The Morgan fingerprint density at radius 2 is 1.78 bits per heavy atom. The van der Waals surface area contributed by atoms with Gasteiger partial charge in [-0.3, -0.25) is 0 Å². The zero-order valence-electron chi connectivity index (χ0n) is 9.03. The summed E-state index contributed by atoms with van der Waals surface area (Å²) in [7, 11) is 0. The molecule has 0 radical (unpaired) electrons. The summed E-state index contributed by atoms with van der Waals surface area (Å²) in [6, 6.07) is 6.87. The maximum absolute atomic E-state index is 6.07. The van der Waals surface area contributed by atoms with Crippen molar-refractivity contribution in [3.05, 3.63) is 45.0 Å². The number of hydrogen-bond acceptors (Lipinski definition) is 4. The highest BCUT2D eigenvalue weighted by Crippen LogP contribution is 2.30. The number of nitrogen functional groups attached to an aromatic ring is 1. The van der Waals surface area contributed by atoms with Crippen molar-refractivity contribution in [2.45, 2.75) is 10.9 Å². The first-order valence-electron chi connectivity index (χ1n) is 4.92. The van der Waals surface area contributed by atoms with Crippen LogP contribution in [0.2, 0.25) is 15.2 Å². The second-order valence-corrected chi connectivity index (χ2v) is 5.53. The summed E-state index contributed by atoms with van der Waals surface area (Å²) in [5.41, 5.74) is 6.43. The molecule has 0 amide bonds. The van der Waals surface area contributed by atoms with Crippen LogP contribution in [0.3, 0.4) is 0 Å². The van der Waals surface area contributed by atoms with Gasteiger partial charge < -0.3 is 5.73 Å². The molecule has 7 heteroatoms. The van der Waals surface area contributed by atoms with E-state index in [4.69, 9.17) is 40.5 Å². The van der Waals surface area contributed by atoms with Crippen LogP contribution in [-0.2, 0) is 5.75 Å². The minimum atomic E-state index is 0.315. The van der Waals surface area contributed by atoms with E-state index >= 15 is 0 Å². The predicted molar refractivity (Wildman–Crippen MR) is 77.5 cm³/mol. The number of thioether (sulfide) groups is 1. The second-order valence-electron chi connectivity index (χ2n) is 3.39. The van der Waals surface area contributed by atoms with Gasteiger partial charge in [0.1, 0.15) is 11.0 Å². The van der Waals surface area contributed by atoms with Gasteiger partial charge in [0.2, 0.25) is 0 Å². The van der Waals surface area contributed by atoms with Gasteiger partial charge in [0.15, 0.2) is 5.16 Å². The third-order valence-electron chi connectivity index (χ3n) is 2.10. The van der Waals surface area contributed by atoms with Crippen LogP contribution in [0.15, 0.2) is 29.4 Å². The van der Waals surface area contributed by atoms with E-state index in [1.54, 1.807) is 18.2 Å². The molecule has 0 aliphatic carbocycles. The van der Waals surface area contributed by atoms with Gasteiger partial charge in [0, 0.05) is 21.9 Å². The highest BCUT2D eigenvalue weighted by atomic mass is 35.5. The van der Waals surface area contributed by atoms with Crippen molar-refractivity contribution in [1.29, 1.82) is 0 Å². The molecule has 2 N–H and O–H groups in total. The minimum Gasteiger partial charge on any atom is -0.384 e. The third kappa shape index (κ3) is 3.42. The molecule has 0 saturated heterocycles. The lowest BCUT2D eigenvalue weighted by Gasteiger charge is -2.06. The molecule has 1 aromatic heterocycles. The first-order chi connectivity index (χ1) is 8.56. The lowest BCUT2D eigenvalue weighted by Crippen LogP contribution is -1.95. The predicted octanol–water partition coefficient (Wildman–Crippen LogP) is 4.31. The Morgan fingerprint density at radius 3 is 2.39 bits per heavy atom. The van der Waals surface area contributed by atoms with E-state index in [0.29, 0.717) is 31.9 Å². The van der Waals surface area contributed by atoms with Crippen LogP contribution in [0.1, 0.15) is 5.56 Å². The monoisotopic (exact) mass is 319 g/mol. The van der Waals surface area contributed by atoms with Gasteiger partial charge in [0.05, 0.1) is 0 Å². The maximum Gasteiger partial charge on any atom is 0.191 e. The molecule has 3 nitrogen and oxygen atoms in total. The topological polar surface area (TPSA) is 51.8 Å². The number of anilines is 1. The van der Waals surface area contributed by atoms with Crippen LogP contribution in [0.5, 0.6) is 0 Å². The second kappa shape index (κ2) is 5.97. The molecule has 0 bridgehead atoms.